The molecule has 126 valence electrons. The normalized spacial score (nSPS) is 15.7. The highest BCUT2D eigenvalue weighted by atomic mass is 32.1. The predicted octanol–water partition coefficient (Wildman–Crippen LogP) is 1.82. The van der Waals surface area contributed by atoms with Crippen molar-refractivity contribution in [2.45, 2.75) is 20.3 Å². The molecule has 1 aromatic carbocycles. The quantitative estimate of drug-likeness (QED) is 0.360. The van der Waals surface area contributed by atoms with E-state index in [0.29, 0.717) is 5.11 Å². The second-order valence-electron chi connectivity index (χ2n) is 5.79. The van der Waals surface area contributed by atoms with Gasteiger partial charge in [-0.25, -0.2) is 0 Å². The SMILES string of the molecule is Cc1ccc(C)c(/C=N\NC(=S)NCCCN2CCOCC2)c1. The smallest absolute Gasteiger partial charge is 0.186 e. The number of morpholine rings is 1. The molecule has 1 saturated heterocycles. The van der Waals surface area contributed by atoms with Gasteiger partial charge in [-0.05, 0) is 50.2 Å². The van der Waals surface area contributed by atoms with Gasteiger partial charge in [-0.3, -0.25) is 10.3 Å². The molecular formula is C17H26N4OS. The molecular weight excluding hydrogens is 308 g/mol. The number of hydrogen-bond acceptors (Lipinski definition) is 4. The third-order valence-electron chi connectivity index (χ3n) is 3.84. The van der Waals surface area contributed by atoms with Crippen molar-refractivity contribution in [1.82, 2.24) is 15.6 Å². The summed E-state index contributed by atoms with van der Waals surface area (Å²) in [5.41, 5.74) is 6.40. The second-order valence-corrected chi connectivity index (χ2v) is 6.20. The Morgan fingerprint density at radius 2 is 2.13 bits per heavy atom. The number of benzene rings is 1. The van der Waals surface area contributed by atoms with Crippen molar-refractivity contribution in [3.8, 4) is 0 Å². The van der Waals surface area contributed by atoms with Crippen LogP contribution in [0.25, 0.3) is 0 Å². The first-order valence-corrected chi connectivity index (χ1v) is 8.50. The molecule has 0 aromatic heterocycles. The zero-order valence-electron chi connectivity index (χ0n) is 14.0. The van der Waals surface area contributed by atoms with E-state index in [1.165, 1.54) is 11.1 Å². The van der Waals surface area contributed by atoms with Crippen LogP contribution in [0.3, 0.4) is 0 Å². The van der Waals surface area contributed by atoms with E-state index in [1.54, 1.807) is 0 Å². The average molecular weight is 334 g/mol. The molecule has 6 heteroatoms. The summed E-state index contributed by atoms with van der Waals surface area (Å²) in [6.07, 6.45) is 2.87. The Bertz CT molecular complexity index is 541. The van der Waals surface area contributed by atoms with Crippen LogP contribution in [0, 0.1) is 13.8 Å². The Morgan fingerprint density at radius 3 is 2.91 bits per heavy atom. The van der Waals surface area contributed by atoms with Gasteiger partial charge < -0.3 is 10.1 Å². The van der Waals surface area contributed by atoms with Crippen LogP contribution in [0.4, 0.5) is 0 Å². The molecule has 0 saturated carbocycles. The summed E-state index contributed by atoms with van der Waals surface area (Å²) in [6.45, 7) is 9.83. The summed E-state index contributed by atoms with van der Waals surface area (Å²) in [4.78, 5) is 2.42. The van der Waals surface area contributed by atoms with Crippen LogP contribution in [-0.2, 0) is 4.74 Å². The third kappa shape index (κ3) is 6.64. The number of rotatable bonds is 6. The molecule has 0 amide bonds. The van der Waals surface area contributed by atoms with E-state index in [4.69, 9.17) is 17.0 Å². The van der Waals surface area contributed by atoms with Gasteiger partial charge in [0.1, 0.15) is 0 Å². The Kier molecular flexibility index (Phi) is 7.45. The minimum Gasteiger partial charge on any atom is -0.379 e. The molecule has 0 unspecified atom stereocenters. The van der Waals surface area contributed by atoms with Crippen LogP contribution >= 0.6 is 12.2 Å². The van der Waals surface area contributed by atoms with Gasteiger partial charge in [-0.1, -0.05) is 23.8 Å². The minimum absolute atomic E-state index is 0.563. The van der Waals surface area contributed by atoms with Crippen molar-refractivity contribution in [3.05, 3.63) is 34.9 Å². The zero-order valence-corrected chi connectivity index (χ0v) is 14.8. The second kappa shape index (κ2) is 9.60. The Labute approximate surface area is 144 Å². The van der Waals surface area contributed by atoms with Crippen LogP contribution in [0.2, 0.25) is 0 Å². The lowest BCUT2D eigenvalue weighted by atomic mass is 10.1. The lowest BCUT2D eigenvalue weighted by Crippen LogP contribution is -2.39. The molecule has 1 heterocycles. The Morgan fingerprint density at radius 1 is 1.35 bits per heavy atom. The van der Waals surface area contributed by atoms with Crippen molar-refractivity contribution < 1.29 is 4.74 Å². The number of hydrazone groups is 1. The van der Waals surface area contributed by atoms with E-state index < -0.39 is 0 Å². The maximum atomic E-state index is 5.34. The van der Waals surface area contributed by atoms with Crippen LogP contribution in [0.1, 0.15) is 23.1 Å². The minimum atomic E-state index is 0.563. The van der Waals surface area contributed by atoms with E-state index in [9.17, 15) is 0 Å². The lowest BCUT2D eigenvalue weighted by Gasteiger charge is -2.26. The first-order chi connectivity index (χ1) is 11.1. The maximum absolute atomic E-state index is 5.34. The molecule has 1 aromatic rings. The van der Waals surface area contributed by atoms with Crippen molar-refractivity contribution in [2.24, 2.45) is 5.10 Å². The van der Waals surface area contributed by atoms with Crippen molar-refractivity contribution in [1.29, 1.82) is 0 Å². The largest absolute Gasteiger partial charge is 0.379 e. The summed E-state index contributed by atoms with van der Waals surface area (Å²) < 4.78 is 5.34. The summed E-state index contributed by atoms with van der Waals surface area (Å²) in [5.74, 6) is 0. The van der Waals surface area contributed by atoms with Gasteiger partial charge in [0.25, 0.3) is 0 Å². The van der Waals surface area contributed by atoms with E-state index >= 15 is 0 Å². The van der Waals surface area contributed by atoms with Crippen molar-refractivity contribution in [3.63, 3.8) is 0 Å². The first-order valence-electron chi connectivity index (χ1n) is 8.09. The standard InChI is InChI=1S/C17H26N4OS/c1-14-4-5-15(2)16(12-14)13-19-20-17(23)18-6-3-7-21-8-10-22-11-9-21/h4-5,12-13H,3,6-11H2,1-2H3,(H2,18,20,23)/b19-13-. The van der Waals surface area contributed by atoms with Crippen LogP contribution in [0.5, 0.6) is 0 Å². The van der Waals surface area contributed by atoms with Crippen LogP contribution in [-0.4, -0.2) is 55.6 Å². The Balaban J connectivity index is 1.62. The van der Waals surface area contributed by atoms with Crippen LogP contribution < -0.4 is 10.7 Å². The molecule has 1 aliphatic heterocycles. The molecule has 0 spiro atoms. The fraction of sp³-hybridized carbons (Fsp3) is 0.529. The van der Waals surface area contributed by atoms with E-state index in [1.807, 2.05) is 6.21 Å². The number of hydrogen-bond donors (Lipinski definition) is 2. The Hall–Kier alpha value is -1.50. The number of ether oxygens (including phenoxy) is 1. The number of thiocarbonyl (C=S) groups is 1. The zero-order chi connectivity index (χ0) is 16.5. The number of nitrogens with zero attached hydrogens (tertiary/aromatic N) is 2. The van der Waals surface area contributed by atoms with Crippen molar-refractivity contribution >= 4 is 23.5 Å². The number of nitrogens with one attached hydrogen (secondary N) is 2. The highest BCUT2D eigenvalue weighted by Crippen LogP contribution is 2.07. The number of aryl methyl sites for hydroxylation is 2. The van der Waals surface area contributed by atoms with Gasteiger partial charge in [0.05, 0.1) is 19.4 Å². The van der Waals surface area contributed by atoms with Gasteiger partial charge in [0.15, 0.2) is 5.11 Å². The summed E-state index contributed by atoms with van der Waals surface area (Å²) in [7, 11) is 0. The molecule has 23 heavy (non-hydrogen) atoms. The third-order valence-corrected chi connectivity index (χ3v) is 4.08. The highest BCUT2D eigenvalue weighted by Gasteiger charge is 2.08. The highest BCUT2D eigenvalue weighted by molar-refractivity contribution is 7.80. The maximum Gasteiger partial charge on any atom is 0.186 e. The molecule has 1 aliphatic rings. The van der Waals surface area contributed by atoms with E-state index in [2.05, 4.69) is 52.8 Å². The van der Waals surface area contributed by atoms with Gasteiger partial charge in [0.2, 0.25) is 0 Å². The van der Waals surface area contributed by atoms with Crippen molar-refractivity contribution in [2.75, 3.05) is 39.4 Å². The molecule has 2 N–H and O–H groups in total. The molecule has 0 radical (unpaired) electrons. The molecule has 1 fully saturated rings. The van der Waals surface area contributed by atoms with Gasteiger partial charge >= 0.3 is 0 Å². The molecule has 0 atom stereocenters. The van der Waals surface area contributed by atoms with Gasteiger partial charge in [0, 0.05) is 19.6 Å². The predicted molar refractivity (Wildman–Crippen MR) is 99.1 cm³/mol. The van der Waals surface area contributed by atoms with Crippen LogP contribution in [0.15, 0.2) is 23.3 Å². The lowest BCUT2D eigenvalue weighted by molar-refractivity contribution is 0.0376. The summed E-state index contributed by atoms with van der Waals surface area (Å²) in [6, 6.07) is 6.30. The monoisotopic (exact) mass is 334 g/mol. The summed E-state index contributed by atoms with van der Waals surface area (Å²) >= 11 is 5.23. The fourth-order valence-corrected chi connectivity index (χ4v) is 2.58. The average Bonchev–Trinajstić information content (AvgIpc) is 2.56. The topological polar surface area (TPSA) is 48.9 Å². The molecule has 0 bridgehead atoms. The summed E-state index contributed by atoms with van der Waals surface area (Å²) in [5, 5.41) is 7.95. The van der Waals surface area contributed by atoms with Gasteiger partial charge in [-0.15, -0.1) is 0 Å². The molecule has 0 aliphatic carbocycles. The molecule has 2 rings (SSSR count). The first kappa shape index (κ1) is 17.8. The van der Waals surface area contributed by atoms with E-state index in [0.717, 1.165) is 51.4 Å². The van der Waals surface area contributed by atoms with E-state index in [-0.39, 0.29) is 0 Å². The molecule has 5 nitrogen and oxygen atoms in total. The fourth-order valence-electron chi connectivity index (χ4n) is 2.43. The van der Waals surface area contributed by atoms with Gasteiger partial charge in [-0.2, -0.15) is 5.10 Å².